The molecule has 6 heteroatoms. The number of carbonyl (C=O) groups is 1. The molecule has 3 aromatic rings. The van der Waals surface area contributed by atoms with Crippen molar-refractivity contribution in [1.82, 2.24) is 19.3 Å². The highest BCUT2D eigenvalue weighted by atomic mass is 32.2. The molecule has 1 atom stereocenters. The summed E-state index contributed by atoms with van der Waals surface area (Å²) in [5.41, 5.74) is 4.14. The Morgan fingerprint density at radius 1 is 1.27 bits per heavy atom. The first-order valence-electron chi connectivity index (χ1n) is 10.4. The number of allylic oxidation sites excluding steroid dienone is 1. The number of rotatable bonds is 9. The van der Waals surface area contributed by atoms with Gasteiger partial charge in [-0.1, -0.05) is 48.2 Å². The Kier molecular flexibility index (Phi) is 5.95. The number of carbonyl (C=O) groups excluding carboxylic acids is 1. The van der Waals surface area contributed by atoms with Gasteiger partial charge in [0.05, 0.1) is 11.8 Å². The fourth-order valence-corrected chi connectivity index (χ4v) is 4.93. The van der Waals surface area contributed by atoms with Crippen LogP contribution in [-0.2, 0) is 6.54 Å². The molecule has 156 valence electrons. The van der Waals surface area contributed by atoms with Crippen LogP contribution in [0.15, 0.2) is 54.2 Å². The maximum Gasteiger partial charge on any atom is 0.191 e. The maximum atomic E-state index is 13.1. The summed E-state index contributed by atoms with van der Waals surface area (Å²) in [5, 5.41) is 9.52. The van der Waals surface area contributed by atoms with Gasteiger partial charge in [-0.3, -0.25) is 4.79 Å². The summed E-state index contributed by atoms with van der Waals surface area (Å²) >= 11 is 1.47. The van der Waals surface area contributed by atoms with Gasteiger partial charge in [-0.05, 0) is 45.2 Å². The quantitative estimate of drug-likeness (QED) is 0.266. The van der Waals surface area contributed by atoms with Crippen LogP contribution in [-0.4, -0.2) is 30.9 Å². The van der Waals surface area contributed by atoms with Crippen molar-refractivity contribution in [1.29, 1.82) is 0 Å². The van der Waals surface area contributed by atoms with E-state index in [2.05, 4.69) is 64.0 Å². The van der Waals surface area contributed by atoms with E-state index in [1.54, 1.807) is 0 Å². The van der Waals surface area contributed by atoms with E-state index in [0.29, 0.717) is 18.2 Å². The largest absolute Gasteiger partial charge is 0.341 e. The Balaban J connectivity index is 1.52. The molecule has 0 bridgehead atoms. The number of thioether (sulfide) groups is 1. The number of benzene rings is 1. The van der Waals surface area contributed by atoms with E-state index in [9.17, 15) is 4.79 Å². The van der Waals surface area contributed by atoms with Gasteiger partial charge in [0, 0.05) is 29.4 Å². The van der Waals surface area contributed by atoms with Crippen molar-refractivity contribution in [3.63, 3.8) is 0 Å². The van der Waals surface area contributed by atoms with Gasteiger partial charge in [0.25, 0.3) is 0 Å². The third-order valence-electron chi connectivity index (χ3n) is 5.79. The Bertz CT molecular complexity index is 1060. The van der Waals surface area contributed by atoms with E-state index in [0.717, 1.165) is 27.9 Å². The number of aromatic nitrogens is 4. The van der Waals surface area contributed by atoms with Crippen LogP contribution in [0.2, 0.25) is 0 Å². The summed E-state index contributed by atoms with van der Waals surface area (Å²) in [7, 11) is 0. The van der Waals surface area contributed by atoms with Crippen LogP contribution >= 0.6 is 11.8 Å². The van der Waals surface area contributed by atoms with Gasteiger partial charge in [-0.15, -0.1) is 16.8 Å². The molecular formula is C24H28N4OS. The summed E-state index contributed by atoms with van der Waals surface area (Å²) in [5.74, 6) is 2.02. The lowest BCUT2D eigenvalue weighted by Crippen LogP contribution is -2.12. The minimum atomic E-state index is 0.126. The van der Waals surface area contributed by atoms with Crippen molar-refractivity contribution in [2.24, 2.45) is 0 Å². The number of hydrogen-bond donors (Lipinski definition) is 0. The van der Waals surface area contributed by atoms with Crippen LogP contribution < -0.4 is 0 Å². The lowest BCUT2D eigenvalue weighted by atomic mass is 10.1. The smallest absolute Gasteiger partial charge is 0.191 e. The van der Waals surface area contributed by atoms with E-state index in [-0.39, 0.29) is 11.8 Å². The number of hydrogen-bond acceptors (Lipinski definition) is 4. The second-order valence-corrected chi connectivity index (χ2v) is 8.91. The zero-order valence-corrected chi connectivity index (χ0v) is 18.7. The van der Waals surface area contributed by atoms with Gasteiger partial charge in [0.2, 0.25) is 0 Å². The first kappa shape index (κ1) is 20.7. The molecule has 4 rings (SSSR count). The lowest BCUT2D eigenvalue weighted by Gasteiger charge is -2.19. The Morgan fingerprint density at radius 2 is 2.00 bits per heavy atom. The first-order valence-corrected chi connectivity index (χ1v) is 11.4. The van der Waals surface area contributed by atoms with Crippen LogP contribution in [0.4, 0.5) is 0 Å². The number of aryl methyl sites for hydroxylation is 1. The second kappa shape index (κ2) is 8.64. The monoisotopic (exact) mass is 420 g/mol. The minimum absolute atomic E-state index is 0.126. The average molecular weight is 421 g/mol. The zero-order valence-electron chi connectivity index (χ0n) is 17.8. The molecule has 1 aromatic carbocycles. The topological polar surface area (TPSA) is 52.7 Å². The molecule has 1 saturated carbocycles. The van der Waals surface area contributed by atoms with E-state index in [1.807, 2.05) is 25.1 Å². The Labute approximate surface area is 182 Å². The minimum Gasteiger partial charge on any atom is -0.341 e. The van der Waals surface area contributed by atoms with Gasteiger partial charge in [-0.25, -0.2) is 0 Å². The molecule has 1 fully saturated rings. The van der Waals surface area contributed by atoms with Gasteiger partial charge in [0.1, 0.15) is 5.82 Å². The highest BCUT2D eigenvalue weighted by Crippen LogP contribution is 2.40. The summed E-state index contributed by atoms with van der Waals surface area (Å²) < 4.78 is 4.35. The Hall–Kier alpha value is -2.60. The summed E-state index contributed by atoms with van der Waals surface area (Å²) in [6.07, 6.45) is 4.20. The van der Waals surface area contributed by atoms with Crippen LogP contribution in [0.25, 0.3) is 0 Å². The molecule has 2 heterocycles. The van der Waals surface area contributed by atoms with Crippen molar-refractivity contribution < 1.29 is 4.79 Å². The molecular weight excluding hydrogens is 392 g/mol. The van der Waals surface area contributed by atoms with Crippen LogP contribution in [0.3, 0.4) is 0 Å². The molecule has 0 amide bonds. The lowest BCUT2D eigenvalue weighted by molar-refractivity contribution is 0.102. The number of Topliss-reactive ketones (excluding diaryl/α,β-unsaturated/α-hetero) is 1. The maximum absolute atomic E-state index is 13.1. The van der Waals surface area contributed by atoms with Gasteiger partial charge in [0.15, 0.2) is 10.9 Å². The summed E-state index contributed by atoms with van der Waals surface area (Å²) in [6, 6.07) is 12.6. The van der Waals surface area contributed by atoms with Gasteiger partial charge >= 0.3 is 0 Å². The van der Waals surface area contributed by atoms with Crippen LogP contribution in [0.5, 0.6) is 0 Å². The predicted molar refractivity (Wildman–Crippen MR) is 121 cm³/mol. The van der Waals surface area contributed by atoms with E-state index >= 15 is 0 Å². The van der Waals surface area contributed by atoms with E-state index < -0.39 is 0 Å². The zero-order chi connectivity index (χ0) is 21.3. The fourth-order valence-electron chi connectivity index (χ4n) is 4.09. The molecule has 2 aromatic heterocycles. The van der Waals surface area contributed by atoms with Crippen LogP contribution in [0, 0.1) is 13.8 Å². The third kappa shape index (κ3) is 4.01. The molecule has 0 spiro atoms. The SMILES string of the molecule is C=CCn1c(SCC(=O)c2cc(C)n(C(C)c3ccccc3)c2C)nnc1C1CC1. The van der Waals surface area contributed by atoms with E-state index in [1.165, 1.54) is 30.2 Å². The number of nitrogens with zero attached hydrogens (tertiary/aromatic N) is 4. The highest BCUT2D eigenvalue weighted by molar-refractivity contribution is 7.99. The molecule has 0 aliphatic heterocycles. The van der Waals surface area contributed by atoms with Crippen molar-refractivity contribution >= 4 is 17.5 Å². The normalized spacial score (nSPS) is 14.6. The van der Waals surface area contributed by atoms with Crippen molar-refractivity contribution in [3.05, 3.63) is 77.4 Å². The highest BCUT2D eigenvalue weighted by Gasteiger charge is 2.30. The van der Waals surface area contributed by atoms with E-state index in [4.69, 9.17) is 0 Å². The van der Waals surface area contributed by atoms with Crippen molar-refractivity contribution in [2.75, 3.05) is 5.75 Å². The van der Waals surface area contributed by atoms with Crippen LogP contribution in [0.1, 0.15) is 64.9 Å². The fraction of sp³-hybridized carbons (Fsp3) is 0.375. The first-order chi connectivity index (χ1) is 14.5. The van der Waals surface area contributed by atoms with Crippen molar-refractivity contribution in [2.45, 2.75) is 57.3 Å². The summed E-state index contributed by atoms with van der Waals surface area (Å²) in [6.45, 7) is 10.8. The molecule has 0 saturated heterocycles. The summed E-state index contributed by atoms with van der Waals surface area (Å²) in [4.78, 5) is 13.1. The van der Waals surface area contributed by atoms with Gasteiger partial charge < -0.3 is 9.13 Å². The second-order valence-electron chi connectivity index (χ2n) is 7.97. The van der Waals surface area contributed by atoms with Crippen molar-refractivity contribution in [3.8, 4) is 0 Å². The predicted octanol–water partition coefficient (Wildman–Crippen LogP) is 5.34. The molecule has 1 aliphatic carbocycles. The Morgan fingerprint density at radius 3 is 2.67 bits per heavy atom. The molecule has 1 unspecified atom stereocenters. The standard InChI is InChI=1S/C24H28N4OS/c1-5-13-27-23(20-11-12-20)25-26-24(27)30-15-22(29)21-14-16(2)28(18(21)4)17(3)19-9-7-6-8-10-19/h5-10,14,17,20H,1,11-13,15H2,2-4H3. The number of ketones is 1. The molecule has 0 radical (unpaired) electrons. The average Bonchev–Trinajstić information content (AvgIpc) is 3.45. The molecule has 1 aliphatic rings. The molecule has 0 N–H and O–H groups in total. The molecule has 30 heavy (non-hydrogen) atoms. The van der Waals surface area contributed by atoms with Gasteiger partial charge in [-0.2, -0.15) is 0 Å². The third-order valence-corrected chi connectivity index (χ3v) is 6.75. The molecule has 5 nitrogen and oxygen atoms in total.